The molecule has 1 aliphatic carbocycles. The number of carbonyl (C=O) groups is 3. The van der Waals surface area contributed by atoms with Crippen molar-refractivity contribution in [2.45, 2.75) is 102 Å². The Morgan fingerprint density at radius 2 is 1.54 bits per heavy atom. The Morgan fingerprint density at radius 3 is 2.14 bits per heavy atom. The summed E-state index contributed by atoms with van der Waals surface area (Å²) in [5.74, 6) is 0.399. The topological polar surface area (TPSA) is 112 Å². The first-order valence-electron chi connectivity index (χ1n) is 18.0. The first-order chi connectivity index (χ1) is 24.0. The summed E-state index contributed by atoms with van der Waals surface area (Å²) in [4.78, 5) is 51.4. The van der Waals surface area contributed by atoms with Crippen LogP contribution in [0.3, 0.4) is 0 Å². The lowest BCUT2D eigenvalue weighted by molar-refractivity contribution is -0.148. The van der Waals surface area contributed by atoms with Gasteiger partial charge in [-0.05, 0) is 84.6 Å². The average Bonchev–Trinajstić information content (AvgIpc) is 3.83. The zero-order valence-corrected chi connectivity index (χ0v) is 30.3. The Balaban J connectivity index is 1.14. The third-order valence-electron chi connectivity index (χ3n) is 10.4. The summed E-state index contributed by atoms with van der Waals surface area (Å²) < 4.78 is 0. The van der Waals surface area contributed by atoms with E-state index in [0.29, 0.717) is 36.0 Å². The van der Waals surface area contributed by atoms with Crippen LogP contribution in [-0.4, -0.2) is 56.4 Å². The predicted octanol–water partition coefficient (Wildman–Crippen LogP) is 8.27. The van der Waals surface area contributed by atoms with Gasteiger partial charge in [0.05, 0.1) is 4.88 Å². The largest absolute Gasteiger partial charge is 0.480 e. The summed E-state index contributed by atoms with van der Waals surface area (Å²) in [6.07, 6.45) is 11.4. The van der Waals surface area contributed by atoms with Gasteiger partial charge in [0, 0.05) is 41.4 Å². The van der Waals surface area contributed by atoms with Crippen molar-refractivity contribution >= 4 is 29.1 Å². The Hall–Kier alpha value is -4.37. The van der Waals surface area contributed by atoms with E-state index < -0.39 is 18.1 Å². The molecule has 0 bridgehead atoms. The number of carboxylic acids is 1. The molecule has 1 aliphatic heterocycles. The Labute approximate surface area is 299 Å². The zero-order chi connectivity index (χ0) is 35.4. The molecule has 1 saturated heterocycles. The first-order valence-corrected chi connectivity index (χ1v) is 18.8. The van der Waals surface area contributed by atoms with Crippen LogP contribution >= 0.6 is 11.3 Å². The van der Waals surface area contributed by atoms with E-state index in [9.17, 15) is 19.5 Å². The molecule has 8 nitrogen and oxygen atoms in total. The molecule has 2 amide bonds. The number of hydrogen-bond donors (Lipinski definition) is 2. The van der Waals surface area contributed by atoms with E-state index >= 15 is 0 Å². The van der Waals surface area contributed by atoms with Gasteiger partial charge in [-0.2, -0.15) is 0 Å². The van der Waals surface area contributed by atoms with Crippen LogP contribution in [0.1, 0.15) is 104 Å². The first kappa shape index (κ1) is 35.5. The van der Waals surface area contributed by atoms with Crippen LogP contribution in [0.15, 0.2) is 73.1 Å². The third kappa shape index (κ3) is 8.15. The van der Waals surface area contributed by atoms with E-state index in [1.807, 2.05) is 42.7 Å². The second-order valence-corrected chi connectivity index (χ2v) is 16.0. The number of likely N-dealkylation sites (tertiary alicyclic amines) is 1. The van der Waals surface area contributed by atoms with Gasteiger partial charge in [0.1, 0.15) is 12.1 Å². The maximum atomic E-state index is 13.8. The standard InChI is InChI=1S/C41H48N4O4S/c1-5-26-8-12-28(13-9-26)29-16-18-30(19-17-29)32-24-42-37(43-25-32)31-14-10-27(11-15-31)23-33(39(47)45-22-6-7-34(45)40(48)49)44-38(46)35-20-21-36(50-35)41(2,3)4/h10-11,14-21,24-26,28,33-34H,5-9,12-13,22-23H2,1-4H3,(H,44,46)(H,48,49)/t26?,28?,33-,34?/m0/s1. The van der Waals surface area contributed by atoms with Crippen LogP contribution in [0.5, 0.6) is 0 Å². The highest BCUT2D eigenvalue weighted by molar-refractivity contribution is 7.14. The van der Waals surface area contributed by atoms with Crippen LogP contribution in [0, 0.1) is 5.92 Å². The molecule has 2 atom stereocenters. The van der Waals surface area contributed by atoms with Crippen LogP contribution in [0.2, 0.25) is 0 Å². The van der Waals surface area contributed by atoms with Crippen molar-refractivity contribution in [3.8, 4) is 22.5 Å². The maximum Gasteiger partial charge on any atom is 0.326 e. The van der Waals surface area contributed by atoms with E-state index in [1.54, 1.807) is 6.07 Å². The highest BCUT2D eigenvalue weighted by Crippen LogP contribution is 2.37. The molecule has 0 radical (unpaired) electrons. The normalized spacial score (nSPS) is 20.0. The number of amides is 2. The molecule has 9 heteroatoms. The minimum atomic E-state index is -1.02. The number of benzene rings is 2. The van der Waals surface area contributed by atoms with Crippen LogP contribution in [-0.2, 0) is 21.4 Å². The number of carbonyl (C=O) groups excluding carboxylic acids is 2. The number of nitrogens with zero attached hydrogens (tertiary/aromatic N) is 3. The molecule has 1 saturated carbocycles. The van der Waals surface area contributed by atoms with E-state index in [-0.39, 0.29) is 23.7 Å². The summed E-state index contributed by atoms with van der Waals surface area (Å²) >= 11 is 1.41. The fourth-order valence-electron chi connectivity index (χ4n) is 7.28. The summed E-state index contributed by atoms with van der Waals surface area (Å²) in [6, 6.07) is 18.4. The van der Waals surface area contributed by atoms with Gasteiger partial charge < -0.3 is 15.3 Å². The average molecular weight is 693 g/mol. The van der Waals surface area contributed by atoms with Gasteiger partial charge in [-0.15, -0.1) is 11.3 Å². The number of thiophene rings is 1. The Morgan fingerprint density at radius 1 is 0.880 bits per heavy atom. The molecule has 3 heterocycles. The molecule has 2 aliphatic rings. The zero-order valence-electron chi connectivity index (χ0n) is 29.5. The molecular formula is C41H48N4O4S. The lowest BCUT2D eigenvalue weighted by atomic mass is 9.78. The summed E-state index contributed by atoms with van der Waals surface area (Å²) in [6.45, 7) is 8.92. The maximum absolute atomic E-state index is 13.8. The van der Waals surface area contributed by atoms with Gasteiger partial charge in [-0.3, -0.25) is 9.59 Å². The molecule has 0 spiro atoms. The summed E-state index contributed by atoms with van der Waals surface area (Å²) in [5, 5.41) is 12.7. The van der Waals surface area contributed by atoms with Crippen molar-refractivity contribution in [3.63, 3.8) is 0 Å². The number of nitrogens with one attached hydrogen (secondary N) is 1. The fraction of sp³-hybridized carbons (Fsp3) is 0.439. The number of rotatable bonds is 10. The monoisotopic (exact) mass is 692 g/mol. The number of carboxylic acid groups (broad SMARTS) is 1. The van der Waals surface area contributed by atoms with Gasteiger partial charge in [0.25, 0.3) is 5.91 Å². The van der Waals surface area contributed by atoms with Crippen LogP contribution < -0.4 is 5.32 Å². The highest BCUT2D eigenvalue weighted by Gasteiger charge is 2.38. The van der Waals surface area contributed by atoms with Crippen molar-refractivity contribution in [2.75, 3.05) is 6.54 Å². The van der Waals surface area contributed by atoms with Gasteiger partial charge in [-0.1, -0.05) is 82.6 Å². The quantitative estimate of drug-likeness (QED) is 0.173. The van der Waals surface area contributed by atoms with Crippen molar-refractivity contribution in [1.29, 1.82) is 0 Å². The SMILES string of the molecule is CCC1CCC(c2ccc(-c3cnc(-c4ccc(C[C@H](NC(=O)c5ccc(C(C)(C)C)s5)C(=O)N5CCCC5C(=O)O)cc4)nc3)cc2)CC1. The third-order valence-corrected chi connectivity index (χ3v) is 11.9. The van der Waals surface area contributed by atoms with Gasteiger partial charge in [0.2, 0.25) is 5.91 Å². The number of hydrogen-bond acceptors (Lipinski definition) is 6. The van der Waals surface area contributed by atoms with Crippen molar-refractivity contribution in [1.82, 2.24) is 20.2 Å². The van der Waals surface area contributed by atoms with E-state index in [0.717, 1.165) is 33.0 Å². The molecule has 2 aromatic carbocycles. The van der Waals surface area contributed by atoms with Crippen LogP contribution in [0.25, 0.3) is 22.5 Å². The molecule has 1 unspecified atom stereocenters. The van der Waals surface area contributed by atoms with Crippen molar-refractivity contribution in [2.24, 2.45) is 5.92 Å². The summed E-state index contributed by atoms with van der Waals surface area (Å²) in [5.41, 5.74) is 5.05. The highest BCUT2D eigenvalue weighted by atomic mass is 32.1. The van der Waals surface area contributed by atoms with Crippen molar-refractivity contribution in [3.05, 3.63) is 93.9 Å². The lowest BCUT2D eigenvalue weighted by Gasteiger charge is -2.28. The van der Waals surface area contributed by atoms with Gasteiger partial charge in [-0.25, -0.2) is 14.8 Å². The minimum Gasteiger partial charge on any atom is -0.480 e. The van der Waals surface area contributed by atoms with E-state index in [4.69, 9.17) is 0 Å². The molecule has 2 aromatic heterocycles. The van der Waals surface area contributed by atoms with Crippen molar-refractivity contribution < 1.29 is 19.5 Å². The molecule has 262 valence electrons. The molecule has 2 N–H and O–H groups in total. The molecule has 50 heavy (non-hydrogen) atoms. The smallest absolute Gasteiger partial charge is 0.326 e. The Bertz CT molecular complexity index is 1790. The van der Waals surface area contributed by atoms with E-state index in [2.05, 4.69) is 67.2 Å². The predicted molar refractivity (Wildman–Crippen MR) is 198 cm³/mol. The molecule has 6 rings (SSSR count). The second kappa shape index (κ2) is 15.3. The lowest BCUT2D eigenvalue weighted by Crippen LogP contribution is -2.52. The van der Waals surface area contributed by atoms with Crippen LogP contribution in [0.4, 0.5) is 0 Å². The Kier molecular flexibility index (Phi) is 10.8. The van der Waals surface area contributed by atoms with Gasteiger partial charge >= 0.3 is 5.97 Å². The molecule has 2 fully saturated rings. The number of aromatic nitrogens is 2. The number of aliphatic carboxylic acids is 1. The molecular weight excluding hydrogens is 645 g/mol. The van der Waals surface area contributed by atoms with Gasteiger partial charge in [0.15, 0.2) is 5.82 Å². The minimum absolute atomic E-state index is 0.104. The molecule has 4 aromatic rings. The second-order valence-electron chi connectivity index (χ2n) is 14.9. The summed E-state index contributed by atoms with van der Waals surface area (Å²) in [7, 11) is 0. The van der Waals surface area contributed by atoms with E-state index in [1.165, 1.54) is 53.9 Å². The fourth-order valence-corrected chi connectivity index (χ4v) is 8.25.